The van der Waals surface area contributed by atoms with E-state index < -0.39 is 5.91 Å². The normalized spacial score (nSPS) is 10.7. The first-order chi connectivity index (χ1) is 9.69. The lowest BCUT2D eigenvalue weighted by Gasteiger charge is -2.00. The van der Waals surface area contributed by atoms with Gasteiger partial charge >= 0.3 is 0 Å². The van der Waals surface area contributed by atoms with Crippen LogP contribution in [0.4, 0.5) is 0 Å². The minimum atomic E-state index is -0.565. The van der Waals surface area contributed by atoms with Crippen molar-refractivity contribution < 1.29 is 4.79 Å². The molecular formula is C14H11N5O. The summed E-state index contributed by atoms with van der Waals surface area (Å²) in [6.07, 6.45) is 1.72. The highest BCUT2D eigenvalue weighted by molar-refractivity contribution is 6.01. The number of H-pyrrole nitrogens is 1. The Morgan fingerprint density at radius 3 is 2.90 bits per heavy atom. The van der Waals surface area contributed by atoms with Gasteiger partial charge < -0.3 is 0 Å². The van der Waals surface area contributed by atoms with Gasteiger partial charge in [0.05, 0.1) is 5.52 Å². The monoisotopic (exact) mass is 265 g/mol. The molecule has 0 saturated heterocycles. The van der Waals surface area contributed by atoms with E-state index in [2.05, 4.69) is 20.3 Å². The molecule has 0 spiro atoms. The third-order valence-corrected chi connectivity index (χ3v) is 3.08. The lowest BCUT2D eigenvalue weighted by Crippen LogP contribution is -1.92. The molecule has 3 aromatic rings. The third kappa shape index (κ3) is 1.97. The highest BCUT2D eigenvalue weighted by Crippen LogP contribution is 2.27. The second kappa shape index (κ2) is 4.65. The van der Waals surface area contributed by atoms with Crippen LogP contribution in [-0.2, 0) is 0 Å². The molecule has 0 aliphatic carbocycles. The number of benzene rings is 1. The maximum absolute atomic E-state index is 11.5. The summed E-state index contributed by atoms with van der Waals surface area (Å²) >= 11 is 0. The number of pyridine rings is 1. The van der Waals surface area contributed by atoms with Crippen molar-refractivity contribution in [1.29, 1.82) is 5.53 Å². The smallest absolute Gasteiger partial charge is 0.277 e. The minimum Gasteiger partial charge on any atom is -0.277 e. The highest BCUT2D eigenvalue weighted by Gasteiger charge is 2.11. The van der Waals surface area contributed by atoms with Crippen LogP contribution in [0.15, 0.2) is 41.6 Å². The largest absolute Gasteiger partial charge is 0.294 e. The second-order valence-electron chi connectivity index (χ2n) is 4.44. The molecule has 0 atom stereocenters. The number of aromatic nitrogens is 3. The number of aromatic amines is 1. The predicted molar refractivity (Wildman–Crippen MR) is 73.5 cm³/mol. The average molecular weight is 265 g/mol. The molecule has 6 nitrogen and oxygen atoms in total. The van der Waals surface area contributed by atoms with E-state index in [1.165, 1.54) is 0 Å². The molecule has 0 aliphatic rings. The van der Waals surface area contributed by atoms with Gasteiger partial charge in [-0.1, -0.05) is 0 Å². The van der Waals surface area contributed by atoms with Crippen LogP contribution in [0.25, 0.3) is 22.2 Å². The van der Waals surface area contributed by atoms with Crippen LogP contribution in [0.3, 0.4) is 0 Å². The number of hydrogen-bond donors (Lipinski definition) is 2. The van der Waals surface area contributed by atoms with Crippen molar-refractivity contribution >= 4 is 16.8 Å². The summed E-state index contributed by atoms with van der Waals surface area (Å²) in [6, 6.07) is 8.88. The summed E-state index contributed by atoms with van der Waals surface area (Å²) in [7, 11) is 0. The Morgan fingerprint density at radius 1 is 1.30 bits per heavy atom. The summed E-state index contributed by atoms with van der Waals surface area (Å²) in [5.41, 5.74) is 10.6. The number of hydrogen-bond acceptors (Lipinski definition) is 4. The number of rotatable bonds is 2. The number of nitrogens with zero attached hydrogens (tertiary/aromatic N) is 3. The van der Waals surface area contributed by atoms with Crippen molar-refractivity contribution in [2.24, 2.45) is 5.11 Å². The van der Waals surface area contributed by atoms with E-state index in [1.54, 1.807) is 24.4 Å². The number of fused-ring (bicyclic) bond motifs is 1. The zero-order valence-corrected chi connectivity index (χ0v) is 10.7. The van der Waals surface area contributed by atoms with Crippen LogP contribution >= 0.6 is 0 Å². The summed E-state index contributed by atoms with van der Waals surface area (Å²) in [5, 5.41) is 11.0. The fourth-order valence-electron chi connectivity index (χ4n) is 2.12. The first-order valence-electron chi connectivity index (χ1n) is 6.02. The Hall–Kier alpha value is -2.89. The van der Waals surface area contributed by atoms with E-state index in [1.807, 2.05) is 19.1 Å². The van der Waals surface area contributed by atoms with Gasteiger partial charge in [0.2, 0.25) is 0 Å². The zero-order chi connectivity index (χ0) is 14.1. The van der Waals surface area contributed by atoms with E-state index in [-0.39, 0.29) is 0 Å². The van der Waals surface area contributed by atoms with Gasteiger partial charge in [-0.25, -0.2) is 5.53 Å². The number of nitrogens with one attached hydrogen (secondary N) is 2. The molecular weight excluding hydrogens is 254 g/mol. The molecule has 2 N–H and O–H groups in total. The second-order valence-corrected chi connectivity index (χ2v) is 4.44. The van der Waals surface area contributed by atoms with Crippen LogP contribution in [-0.4, -0.2) is 21.1 Å². The SMILES string of the molecule is Cc1cc(-c2n[nH]c3ccc(C(=O)N=N)cc23)ccn1. The van der Waals surface area contributed by atoms with Gasteiger partial charge in [-0.15, -0.1) is 5.11 Å². The minimum absolute atomic E-state index is 0.376. The summed E-state index contributed by atoms with van der Waals surface area (Å²) in [4.78, 5) is 15.6. The van der Waals surface area contributed by atoms with Gasteiger partial charge in [-0.05, 0) is 37.3 Å². The Labute approximate surface area is 114 Å². The zero-order valence-electron chi connectivity index (χ0n) is 10.7. The average Bonchev–Trinajstić information content (AvgIpc) is 2.89. The molecule has 0 aliphatic heterocycles. The van der Waals surface area contributed by atoms with Crippen LogP contribution in [0.1, 0.15) is 16.1 Å². The van der Waals surface area contributed by atoms with Gasteiger partial charge in [0.1, 0.15) is 5.69 Å². The Morgan fingerprint density at radius 2 is 2.15 bits per heavy atom. The molecule has 20 heavy (non-hydrogen) atoms. The standard InChI is InChI=1S/C14H11N5O/c1-8-6-9(4-5-16-8)13-11-7-10(14(20)17-15)2-3-12(11)18-19-13/h2-7,15H,1H3,(H,18,19). The van der Waals surface area contributed by atoms with Gasteiger partial charge in [-0.2, -0.15) is 5.10 Å². The first kappa shape index (κ1) is 12.2. The highest BCUT2D eigenvalue weighted by atomic mass is 16.1. The molecule has 3 rings (SSSR count). The summed E-state index contributed by atoms with van der Waals surface area (Å²) in [6.45, 7) is 1.91. The van der Waals surface area contributed by atoms with Crippen molar-refractivity contribution in [2.45, 2.75) is 6.92 Å². The Balaban J connectivity index is 2.21. The molecule has 0 unspecified atom stereocenters. The Kier molecular flexibility index (Phi) is 2.83. The van der Waals surface area contributed by atoms with Crippen molar-refractivity contribution in [3.63, 3.8) is 0 Å². The molecule has 2 aromatic heterocycles. The van der Waals surface area contributed by atoms with E-state index in [4.69, 9.17) is 5.53 Å². The maximum Gasteiger partial charge on any atom is 0.294 e. The molecule has 2 heterocycles. The molecule has 0 radical (unpaired) electrons. The number of aryl methyl sites for hydroxylation is 1. The summed E-state index contributed by atoms with van der Waals surface area (Å²) in [5.74, 6) is -0.565. The van der Waals surface area contributed by atoms with Gasteiger partial charge in [0.15, 0.2) is 0 Å². The van der Waals surface area contributed by atoms with Crippen molar-refractivity contribution in [2.75, 3.05) is 0 Å². The van der Waals surface area contributed by atoms with Crippen LogP contribution in [0.5, 0.6) is 0 Å². The third-order valence-electron chi connectivity index (χ3n) is 3.08. The molecule has 1 aromatic carbocycles. The maximum atomic E-state index is 11.5. The summed E-state index contributed by atoms with van der Waals surface area (Å²) < 4.78 is 0. The Bertz CT molecular complexity index is 821. The number of carbonyl (C=O) groups excluding carboxylic acids is 1. The van der Waals surface area contributed by atoms with E-state index in [9.17, 15) is 4.79 Å². The lowest BCUT2D eigenvalue weighted by atomic mass is 10.1. The first-order valence-corrected chi connectivity index (χ1v) is 6.02. The van der Waals surface area contributed by atoms with Crippen LogP contribution < -0.4 is 0 Å². The van der Waals surface area contributed by atoms with Crippen molar-refractivity contribution in [3.8, 4) is 11.3 Å². The molecule has 1 amide bonds. The van der Waals surface area contributed by atoms with Crippen molar-refractivity contribution in [3.05, 3.63) is 47.8 Å². The lowest BCUT2D eigenvalue weighted by molar-refractivity contribution is 0.0991. The molecule has 0 bridgehead atoms. The van der Waals surface area contributed by atoms with Gasteiger partial charge in [0, 0.05) is 28.4 Å². The quantitative estimate of drug-likeness (QED) is 0.697. The van der Waals surface area contributed by atoms with E-state index >= 15 is 0 Å². The van der Waals surface area contributed by atoms with Gasteiger partial charge in [0.25, 0.3) is 5.91 Å². The molecule has 0 saturated carbocycles. The van der Waals surface area contributed by atoms with Crippen LogP contribution in [0, 0.1) is 12.5 Å². The van der Waals surface area contributed by atoms with Crippen LogP contribution in [0.2, 0.25) is 0 Å². The molecule has 6 heteroatoms. The molecule has 0 fully saturated rings. The fraction of sp³-hybridized carbons (Fsp3) is 0.0714. The van der Waals surface area contributed by atoms with Crippen molar-refractivity contribution in [1.82, 2.24) is 15.2 Å². The van der Waals surface area contributed by atoms with E-state index in [0.717, 1.165) is 27.9 Å². The molecule has 98 valence electrons. The van der Waals surface area contributed by atoms with Gasteiger partial charge in [-0.3, -0.25) is 14.9 Å². The predicted octanol–water partition coefficient (Wildman–Crippen LogP) is 3.10. The fourth-order valence-corrected chi connectivity index (χ4v) is 2.12. The topological polar surface area (TPSA) is 94.9 Å². The number of carbonyl (C=O) groups is 1. The van der Waals surface area contributed by atoms with E-state index in [0.29, 0.717) is 5.56 Å². The number of amides is 1.